The lowest BCUT2D eigenvalue weighted by atomic mass is 9.99. The van der Waals surface area contributed by atoms with Crippen LogP contribution in [0.4, 0.5) is 0 Å². The van der Waals surface area contributed by atoms with Crippen LogP contribution < -0.4 is 16.0 Å². The van der Waals surface area contributed by atoms with E-state index in [0.29, 0.717) is 23.4 Å². The highest BCUT2D eigenvalue weighted by atomic mass is 16.5. The number of H-pyrrole nitrogens is 1. The molecule has 0 spiro atoms. The second kappa shape index (κ2) is 9.88. The van der Waals surface area contributed by atoms with Gasteiger partial charge < -0.3 is 10.5 Å². The number of rotatable bonds is 7. The number of nitrogens with zero attached hydrogens (tertiary/aromatic N) is 4. The van der Waals surface area contributed by atoms with Gasteiger partial charge in [0.2, 0.25) is 0 Å². The Morgan fingerprint density at radius 3 is 2.56 bits per heavy atom. The quantitative estimate of drug-likeness (QED) is 0.403. The fraction of sp³-hybridized carbons (Fsp3) is 0.154. The minimum absolute atomic E-state index is 0.110. The van der Waals surface area contributed by atoms with Crippen molar-refractivity contribution in [3.63, 3.8) is 0 Å². The van der Waals surface area contributed by atoms with Crippen LogP contribution in [0.1, 0.15) is 42.1 Å². The van der Waals surface area contributed by atoms with E-state index in [1.54, 1.807) is 6.21 Å². The summed E-state index contributed by atoms with van der Waals surface area (Å²) in [5, 5.41) is 12.1. The molecule has 0 unspecified atom stereocenters. The topological polar surface area (TPSA) is 122 Å². The Labute approximate surface area is 196 Å². The van der Waals surface area contributed by atoms with Gasteiger partial charge in [-0.2, -0.15) is 5.26 Å². The Balaban J connectivity index is 1.57. The number of benzene rings is 2. The third-order valence-electron chi connectivity index (χ3n) is 5.25. The smallest absolute Gasteiger partial charge is 0.276 e. The molecule has 0 saturated heterocycles. The zero-order valence-corrected chi connectivity index (χ0v) is 18.9. The average Bonchev–Trinajstić information content (AvgIpc) is 3.27. The van der Waals surface area contributed by atoms with Gasteiger partial charge in [0.05, 0.1) is 12.2 Å². The molecule has 0 radical (unpaired) electrons. The molecule has 0 bridgehead atoms. The number of aromatic nitrogens is 3. The Morgan fingerprint density at radius 1 is 1.21 bits per heavy atom. The van der Waals surface area contributed by atoms with Gasteiger partial charge in [0.15, 0.2) is 5.65 Å². The minimum Gasteiger partial charge on any atom is -0.457 e. The molecule has 3 N–H and O–H groups in total. The summed E-state index contributed by atoms with van der Waals surface area (Å²) in [6.45, 7) is 4.23. The first-order valence-corrected chi connectivity index (χ1v) is 10.8. The van der Waals surface area contributed by atoms with Gasteiger partial charge in [-0.05, 0) is 35.7 Å². The van der Waals surface area contributed by atoms with Crippen LogP contribution >= 0.6 is 0 Å². The van der Waals surface area contributed by atoms with Crippen LogP contribution in [0.2, 0.25) is 0 Å². The molecular formula is C26H24N6O2. The highest BCUT2D eigenvalue weighted by Crippen LogP contribution is 2.23. The van der Waals surface area contributed by atoms with Crippen molar-refractivity contribution in [1.82, 2.24) is 14.6 Å². The summed E-state index contributed by atoms with van der Waals surface area (Å²) in [5.74, 6) is 1.40. The number of nitriles is 1. The lowest BCUT2D eigenvalue weighted by Crippen LogP contribution is -2.24. The minimum atomic E-state index is -0.266. The van der Waals surface area contributed by atoms with E-state index in [1.165, 1.54) is 16.9 Å². The number of ether oxygens (including phenoxy) is 1. The van der Waals surface area contributed by atoms with Gasteiger partial charge in [-0.15, -0.1) is 0 Å². The van der Waals surface area contributed by atoms with E-state index >= 15 is 0 Å². The van der Waals surface area contributed by atoms with Crippen molar-refractivity contribution in [2.24, 2.45) is 10.7 Å². The van der Waals surface area contributed by atoms with Gasteiger partial charge in [-0.1, -0.05) is 44.2 Å². The predicted octanol–water partition coefficient (Wildman–Crippen LogP) is 4.38. The van der Waals surface area contributed by atoms with Crippen molar-refractivity contribution in [2.45, 2.75) is 26.3 Å². The van der Waals surface area contributed by atoms with Crippen LogP contribution in [0.3, 0.4) is 0 Å². The number of nitrogens with two attached hydrogens (primary N) is 1. The second-order valence-electron chi connectivity index (χ2n) is 7.94. The molecule has 4 aromatic rings. The molecule has 4 rings (SSSR count). The van der Waals surface area contributed by atoms with Crippen molar-refractivity contribution in [2.75, 3.05) is 0 Å². The molecular weight excluding hydrogens is 428 g/mol. The molecule has 2 aromatic carbocycles. The average molecular weight is 453 g/mol. The van der Waals surface area contributed by atoms with Crippen molar-refractivity contribution >= 4 is 17.4 Å². The Bertz CT molecular complexity index is 1460. The van der Waals surface area contributed by atoms with Crippen LogP contribution in [0.15, 0.2) is 76.8 Å². The van der Waals surface area contributed by atoms with Crippen molar-refractivity contribution in [1.29, 1.82) is 5.26 Å². The summed E-state index contributed by atoms with van der Waals surface area (Å²) in [4.78, 5) is 22.2. The van der Waals surface area contributed by atoms with Crippen LogP contribution in [0.25, 0.3) is 11.2 Å². The van der Waals surface area contributed by atoms with Crippen LogP contribution in [-0.4, -0.2) is 20.8 Å². The van der Waals surface area contributed by atoms with E-state index in [1.807, 2.05) is 74.5 Å². The molecule has 0 amide bonds. The number of allylic oxidation sites excluding steroid dienone is 1. The number of para-hydroxylation sites is 1. The van der Waals surface area contributed by atoms with Gasteiger partial charge in [0.25, 0.3) is 5.56 Å². The van der Waals surface area contributed by atoms with Gasteiger partial charge in [0.1, 0.15) is 23.1 Å². The summed E-state index contributed by atoms with van der Waals surface area (Å²) in [6.07, 6.45) is 4.45. The number of fused-ring (bicyclic) bond motifs is 1. The predicted molar refractivity (Wildman–Crippen MR) is 132 cm³/mol. The van der Waals surface area contributed by atoms with Gasteiger partial charge >= 0.3 is 0 Å². The largest absolute Gasteiger partial charge is 0.457 e. The van der Waals surface area contributed by atoms with E-state index in [4.69, 9.17) is 10.5 Å². The van der Waals surface area contributed by atoms with E-state index in [2.05, 4.69) is 15.1 Å². The molecule has 2 aromatic heterocycles. The third kappa shape index (κ3) is 4.59. The summed E-state index contributed by atoms with van der Waals surface area (Å²) in [7, 11) is 0. The molecule has 0 atom stereocenters. The van der Waals surface area contributed by atoms with Crippen LogP contribution in [0.5, 0.6) is 11.5 Å². The SMILES string of the molecule is CC(C)c1c(C(C=NCc2ccc(Oc3ccccc3)cc2)=CN)nc2c(C#N)c[nH]n2c1=O. The van der Waals surface area contributed by atoms with E-state index < -0.39 is 0 Å². The summed E-state index contributed by atoms with van der Waals surface area (Å²) >= 11 is 0. The Morgan fingerprint density at radius 2 is 1.91 bits per heavy atom. The molecule has 34 heavy (non-hydrogen) atoms. The number of aliphatic imine (C=N–C) groups is 1. The van der Waals surface area contributed by atoms with E-state index in [0.717, 1.165) is 17.1 Å². The molecule has 8 heteroatoms. The van der Waals surface area contributed by atoms with Crippen molar-refractivity contribution < 1.29 is 4.74 Å². The maximum atomic E-state index is 13.1. The zero-order chi connectivity index (χ0) is 24.1. The maximum Gasteiger partial charge on any atom is 0.276 e. The van der Waals surface area contributed by atoms with Crippen LogP contribution in [-0.2, 0) is 6.54 Å². The highest BCUT2D eigenvalue weighted by molar-refractivity contribution is 6.09. The molecule has 0 aliphatic carbocycles. The molecule has 8 nitrogen and oxygen atoms in total. The van der Waals surface area contributed by atoms with Crippen LogP contribution in [0, 0.1) is 11.3 Å². The summed E-state index contributed by atoms with van der Waals surface area (Å²) in [6, 6.07) is 19.3. The molecule has 2 heterocycles. The number of hydrogen-bond acceptors (Lipinski definition) is 6. The molecule has 0 saturated carbocycles. The van der Waals surface area contributed by atoms with Gasteiger partial charge in [-0.3, -0.25) is 14.9 Å². The lowest BCUT2D eigenvalue weighted by Gasteiger charge is -2.12. The third-order valence-corrected chi connectivity index (χ3v) is 5.25. The monoisotopic (exact) mass is 452 g/mol. The highest BCUT2D eigenvalue weighted by Gasteiger charge is 2.20. The van der Waals surface area contributed by atoms with Gasteiger partial charge in [-0.25, -0.2) is 9.50 Å². The van der Waals surface area contributed by atoms with E-state index in [9.17, 15) is 10.1 Å². The lowest BCUT2D eigenvalue weighted by molar-refractivity contribution is 0.482. The number of nitrogens with one attached hydrogen (secondary N) is 1. The maximum absolute atomic E-state index is 13.1. The first kappa shape index (κ1) is 22.6. The molecule has 170 valence electrons. The molecule has 0 aliphatic heterocycles. The first-order valence-electron chi connectivity index (χ1n) is 10.8. The number of aromatic amines is 1. The Kier molecular flexibility index (Phi) is 6.55. The summed E-state index contributed by atoms with van der Waals surface area (Å²) in [5.41, 5.74) is 8.58. The Hall–Kier alpha value is -4.64. The second-order valence-corrected chi connectivity index (χ2v) is 7.94. The van der Waals surface area contributed by atoms with Crippen molar-refractivity contribution in [3.05, 3.63) is 99.7 Å². The normalized spacial score (nSPS) is 11.9. The van der Waals surface area contributed by atoms with E-state index in [-0.39, 0.29) is 22.7 Å². The molecule has 0 aliphatic rings. The standard InChI is InChI=1S/C26H24N6O2/c1-17(2)23-24(31-25-20(13-28)16-30-32(25)26(23)33)19(12-27)15-29-14-18-8-10-22(11-9-18)34-21-6-4-3-5-7-21/h3-12,15-17,30H,14,27H2,1-2H3. The molecule has 0 fully saturated rings. The fourth-order valence-electron chi connectivity index (χ4n) is 3.57. The van der Waals surface area contributed by atoms with Crippen molar-refractivity contribution in [3.8, 4) is 17.6 Å². The zero-order valence-electron chi connectivity index (χ0n) is 18.9. The number of hydrogen-bond donors (Lipinski definition) is 2. The first-order chi connectivity index (χ1) is 16.5. The fourth-order valence-corrected chi connectivity index (χ4v) is 3.57. The van der Waals surface area contributed by atoms with Gasteiger partial charge in [0, 0.05) is 29.7 Å². The summed E-state index contributed by atoms with van der Waals surface area (Å²) < 4.78 is 7.10.